The number of amides is 2. The van der Waals surface area contributed by atoms with Gasteiger partial charge in [-0.2, -0.15) is 13.2 Å². The minimum atomic E-state index is -4.46. The Balaban J connectivity index is 1.87. The molecule has 4 nitrogen and oxygen atoms in total. The quantitative estimate of drug-likeness (QED) is 0.634. The number of para-hydroxylation sites is 1. The predicted octanol–water partition coefficient (Wildman–Crippen LogP) is 5.21. The van der Waals surface area contributed by atoms with Gasteiger partial charge in [-0.05, 0) is 23.3 Å². The lowest BCUT2D eigenvalue weighted by Crippen LogP contribution is -2.50. The van der Waals surface area contributed by atoms with E-state index in [0.717, 1.165) is 11.8 Å². The summed E-state index contributed by atoms with van der Waals surface area (Å²) in [6, 6.07) is 14.9. The Kier molecular flexibility index (Phi) is 6.23. The number of rotatable bonds is 5. The molecule has 1 fully saturated rings. The minimum absolute atomic E-state index is 0.0177. The van der Waals surface area contributed by atoms with E-state index in [0.29, 0.717) is 16.8 Å². The van der Waals surface area contributed by atoms with Gasteiger partial charge in [-0.3, -0.25) is 14.8 Å². The summed E-state index contributed by atoms with van der Waals surface area (Å²) in [5.74, 6) is 0.164. The lowest BCUT2D eigenvalue weighted by molar-refractivity contribution is -0.118. The molecule has 0 bridgehead atoms. The molecular formula is C19H17F4N3OS. The first-order chi connectivity index (χ1) is 13.4. The molecule has 1 heterocycles. The molecule has 2 amide bonds. The molecule has 0 N–H and O–H groups in total. The molecule has 2 aromatic carbocycles. The van der Waals surface area contributed by atoms with Crippen LogP contribution in [0.4, 0.5) is 28.0 Å². The largest absolute Gasteiger partial charge is 0.408 e. The van der Waals surface area contributed by atoms with Gasteiger partial charge >= 0.3 is 12.2 Å². The highest BCUT2D eigenvalue weighted by atomic mass is 32.2. The molecule has 0 radical (unpaired) electrons. The van der Waals surface area contributed by atoms with Gasteiger partial charge in [0, 0.05) is 5.69 Å². The van der Waals surface area contributed by atoms with Crippen molar-refractivity contribution in [3.63, 3.8) is 0 Å². The zero-order valence-corrected chi connectivity index (χ0v) is 15.5. The Hall–Kier alpha value is -2.55. The summed E-state index contributed by atoms with van der Waals surface area (Å²) in [5.41, 5.74) is 1.80. The number of alkyl halides is 4. The average molecular weight is 411 g/mol. The number of hydrogen-bond acceptors (Lipinski definition) is 3. The molecule has 0 unspecified atom stereocenters. The molecule has 148 valence electrons. The van der Waals surface area contributed by atoms with E-state index in [1.807, 2.05) is 6.07 Å². The summed E-state index contributed by atoms with van der Waals surface area (Å²) in [4.78, 5) is 19.3. The summed E-state index contributed by atoms with van der Waals surface area (Å²) < 4.78 is 50.6. The molecule has 0 spiro atoms. The average Bonchev–Trinajstić information content (AvgIpc) is 2.69. The third kappa shape index (κ3) is 5.03. The Bertz CT molecular complexity index is 841. The van der Waals surface area contributed by atoms with Crippen LogP contribution in [0.15, 0.2) is 59.6 Å². The molecule has 1 aliphatic rings. The molecule has 0 aliphatic carbocycles. The number of carbonyl (C=O) groups is 1. The second kappa shape index (κ2) is 8.64. The molecule has 3 rings (SSSR count). The van der Waals surface area contributed by atoms with Crippen molar-refractivity contribution in [2.45, 2.75) is 19.4 Å². The number of aliphatic imine (C=N–C) groups is 1. The van der Waals surface area contributed by atoms with Crippen LogP contribution >= 0.6 is 11.8 Å². The van der Waals surface area contributed by atoms with Crippen LogP contribution in [0.2, 0.25) is 0 Å². The van der Waals surface area contributed by atoms with Gasteiger partial charge in [0.2, 0.25) is 0 Å². The van der Waals surface area contributed by atoms with Gasteiger partial charge < -0.3 is 0 Å². The highest BCUT2D eigenvalue weighted by Gasteiger charge is 2.34. The van der Waals surface area contributed by atoms with Crippen LogP contribution in [0, 0.1) is 0 Å². The fraction of sp³-hybridized carbons (Fsp3) is 0.263. The van der Waals surface area contributed by atoms with Crippen molar-refractivity contribution in [3.05, 3.63) is 65.7 Å². The van der Waals surface area contributed by atoms with Gasteiger partial charge in [-0.1, -0.05) is 54.2 Å². The van der Waals surface area contributed by atoms with Crippen molar-refractivity contribution >= 4 is 28.6 Å². The van der Waals surface area contributed by atoms with Crippen LogP contribution in [-0.4, -0.2) is 34.7 Å². The minimum Gasteiger partial charge on any atom is -0.284 e. The first-order valence-electron chi connectivity index (χ1n) is 8.39. The van der Waals surface area contributed by atoms with Crippen LogP contribution in [0.5, 0.6) is 0 Å². The fourth-order valence-corrected chi connectivity index (χ4v) is 3.57. The van der Waals surface area contributed by atoms with Crippen molar-refractivity contribution in [2.75, 3.05) is 17.3 Å². The van der Waals surface area contributed by atoms with Crippen molar-refractivity contribution < 1.29 is 22.4 Å². The standard InChI is InChI=1S/C19H17F4N3OS/c20-10-14-6-8-15(9-7-14)11-25-17(24-12-19(21,22)23)28-13-26(18(25)27)16-4-2-1-3-5-16/h1-9H,10-13H2. The Labute approximate surface area is 163 Å². The van der Waals surface area contributed by atoms with E-state index in [1.54, 1.807) is 48.5 Å². The second-order valence-corrected chi connectivity index (χ2v) is 6.98. The van der Waals surface area contributed by atoms with Gasteiger partial charge in [0.1, 0.15) is 13.2 Å². The van der Waals surface area contributed by atoms with E-state index in [-0.39, 0.29) is 17.6 Å². The lowest BCUT2D eigenvalue weighted by Gasteiger charge is -2.36. The maximum Gasteiger partial charge on any atom is 0.408 e. The van der Waals surface area contributed by atoms with Crippen LogP contribution in [0.3, 0.4) is 0 Å². The first-order valence-corrected chi connectivity index (χ1v) is 9.38. The first kappa shape index (κ1) is 20.2. The fourth-order valence-electron chi connectivity index (χ4n) is 2.62. The molecule has 9 heteroatoms. The number of halogens is 4. The topological polar surface area (TPSA) is 35.9 Å². The lowest BCUT2D eigenvalue weighted by atomic mass is 10.1. The number of benzene rings is 2. The summed E-state index contributed by atoms with van der Waals surface area (Å²) >= 11 is 1.07. The van der Waals surface area contributed by atoms with Crippen molar-refractivity contribution in [2.24, 2.45) is 4.99 Å². The number of carbonyl (C=O) groups excluding carboxylic acids is 1. The SMILES string of the molecule is O=C1N(Cc2ccc(CF)cc2)C(=NCC(F)(F)F)SCN1c1ccccc1. The number of nitrogens with zero attached hydrogens (tertiary/aromatic N) is 3. The Morgan fingerprint density at radius 1 is 1.00 bits per heavy atom. The van der Waals surface area contributed by atoms with Crippen molar-refractivity contribution in [1.82, 2.24) is 4.90 Å². The maximum absolute atomic E-state index is 13.0. The number of hydrogen-bond donors (Lipinski definition) is 0. The van der Waals surface area contributed by atoms with E-state index >= 15 is 0 Å². The van der Waals surface area contributed by atoms with Crippen LogP contribution in [-0.2, 0) is 13.2 Å². The number of anilines is 1. The summed E-state index contributed by atoms with van der Waals surface area (Å²) in [7, 11) is 0. The molecule has 0 saturated carbocycles. The summed E-state index contributed by atoms with van der Waals surface area (Å²) in [6.07, 6.45) is -4.46. The molecule has 1 saturated heterocycles. The van der Waals surface area contributed by atoms with Crippen molar-refractivity contribution in [1.29, 1.82) is 0 Å². The van der Waals surface area contributed by atoms with E-state index in [1.165, 1.54) is 9.80 Å². The van der Waals surface area contributed by atoms with E-state index in [9.17, 15) is 22.4 Å². The Morgan fingerprint density at radius 2 is 1.64 bits per heavy atom. The molecule has 0 atom stereocenters. The van der Waals surface area contributed by atoms with E-state index in [4.69, 9.17) is 0 Å². The molecule has 1 aliphatic heterocycles. The zero-order valence-electron chi connectivity index (χ0n) is 14.7. The third-order valence-corrected chi connectivity index (χ3v) is 4.99. The normalized spacial score (nSPS) is 16.7. The number of thioether (sulfide) groups is 1. The van der Waals surface area contributed by atoms with Crippen LogP contribution in [0.25, 0.3) is 0 Å². The van der Waals surface area contributed by atoms with Gasteiger partial charge in [0.15, 0.2) is 5.17 Å². The van der Waals surface area contributed by atoms with Gasteiger partial charge in [0.25, 0.3) is 0 Å². The highest BCUT2D eigenvalue weighted by Crippen LogP contribution is 2.28. The van der Waals surface area contributed by atoms with Crippen LogP contribution < -0.4 is 4.90 Å². The molecule has 2 aromatic rings. The van der Waals surface area contributed by atoms with Gasteiger partial charge in [-0.25, -0.2) is 9.18 Å². The van der Waals surface area contributed by atoms with Gasteiger partial charge in [-0.15, -0.1) is 0 Å². The van der Waals surface area contributed by atoms with Crippen molar-refractivity contribution in [3.8, 4) is 0 Å². The monoisotopic (exact) mass is 411 g/mol. The molecular weight excluding hydrogens is 394 g/mol. The van der Waals surface area contributed by atoms with E-state index in [2.05, 4.69) is 4.99 Å². The van der Waals surface area contributed by atoms with Crippen LogP contribution in [0.1, 0.15) is 11.1 Å². The number of amidine groups is 1. The molecule has 28 heavy (non-hydrogen) atoms. The Morgan fingerprint density at radius 3 is 2.25 bits per heavy atom. The van der Waals surface area contributed by atoms with Gasteiger partial charge in [0.05, 0.1) is 12.4 Å². The smallest absolute Gasteiger partial charge is 0.284 e. The second-order valence-electron chi connectivity index (χ2n) is 6.07. The maximum atomic E-state index is 13.0. The zero-order chi connectivity index (χ0) is 20.1. The third-order valence-electron chi connectivity index (χ3n) is 3.99. The summed E-state index contributed by atoms with van der Waals surface area (Å²) in [5, 5.41) is 0.0177. The predicted molar refractivity (Wildman–Crippen MR) is 102 cm³/mol. The summed E-state index contributed by atoms with van der Waals surface area (Å²) in [6.45, 7) is -1.93. The number of urea groups is 1. The molecule has 0 aromatic heterocycles. The van der Waals surface area contributed by atoms with E-state index < -0.39 is 25.4 Å². The highest BCUT2D eigenvalue weighted by molar-refractivity contribution is 8.14.